The lowest BCUT2D eigenvalue weighted by molar-refractivity contribution is -0.237. The van der Waals surface area contributed by atoms with Crippen LogP contribution in [-0.2, 0) is 14.3 Å². The molecule has 0 saturated carbocycles. The molecule has 0 aromatic rings. The van der Waals surface area contributed by atoms with E-state index in [9.17, 15) is 20.1 Å². The second-order valence-electron chi connectivity index (χ2n) is 7.39. The zero-order valence-corrected chi connectivity index (χ0v) is 16.5. The summed E-state index contributed by atoms with van der Waals surface area (Å²) in [6, 6.07) is -0.544. The van der Waals surface area contributed by atoms with Gasteiger partial charge < -0.3 is 35.6 Å². The van der Waals surface area contributed by atoms with E-state index in [0.717, 1.165) is 0 Å². The summed E-state index contributed by atoms with van der Waals surface area (Å²) in [6.07, 6.45) is -3.88. The summed E-state index contributed by atoms with van der Waals surface area (Å²) >= 11 is 0. The van der Waals surface area contributed by atoms with E-state index in [4.69, 9.17) is 20.3 Å². The topological polar surface area (TPSA) is 142 Å². The van der Waals surface area contributed by atoms with Crippen molar-refractivity contribution >= 4 is 5.78 Å². The number of ketones is 1. The second-order valence-corrected chi connectivity index (χ2v) is 7.39. The van der Waals surface area contributed by atoms with Crippen molar-refractivity contribution in [1.82, 2.24) is 0 Å². The fourth-order valence-electron chi connectivity index (χ4n) is 2.87. The van der Waals surface area contributed by atoms with E-state index in [1.807, 2.05) is 0 Å². The summed E-state index contributed by atoms with van der Waals surface area (Å²) in [4.78, 5) is 12.1. The van der Waals surface area contributed by atoms with Crippen molar-refractivity contribution in [3.05, 3.63) is 23.5 Å². The molecular weight excluding hydrogens is 354 g/mol. The maximum atomic E-state index is 12.1. The van der Waals surface area contributed by atoms with Gasteiger partial charge in [0.25, 0.3) is 0 Å². The van der Waals surface area contributed by atoms with Gasteiger partial charge >= 0.3 is 0 Å². The lowest BCUT2D eigenvalue weighted by Gasteiger charge is -2.38. The second kappa shape index (κ2) is 10.3. The molecule has 1 heterocycles. The number of Topliss-reactive ketones (excluding diaryl/α,β-unsaturated/α-hetero) is 1. The SMILES string of the molecule is C=C(C(=O)C(C)C)/C(O)=C(\C)[C@H](CC(O)CO)O[C@H]1C[C@H](N)[C@H](O)[C@H](C)O1. The van der Waals surface area contributed by atoms with E-state index in [1.54, 1.807) is 27.7 Å². The molecular formula is C19H33NO7. The van der Waals surface area contributed by atoms with Gasteiger partial charge in [-0.15, -0.1) is 0 Å². The zero-order valence-electron chi connectivity index (χ0n) is 16.5. The lowest BCUT2D eigenvalue weighted by atomic mass is 9.95. The third kappa shape index (κ3) is 6.38. The van der Waals surface area contributed by atoms with Crippen LogP contribution >= 0.6 is 0 Å². The van der Waals surface area contributed by atoms with Crippen molar-refractivity contribution in [1.29, 1.82) is 0 Å². The number of carbonyl (C=O) groups excluding carboxylic acids is 1. The predicted molar refractivity (Wildman–Crippen MR) is 99.8 cm³/mol. The normalized spacial score (nSPS) is 29.2. The number of nitrogens with two attached hydrogens (primary N) is 1. The van der Waals surface area contributed by atoms with Gasteiger partial charge in [0.2, 0.25) is 0 Å². The molecule has 6 N–H and O–H groups in total. The molecule has 1 saturated heterocycles. The van der Waals surface area contributed by atoms with Crippen LogP contribution in [0.1, 0.15) is 40.5 Å². The smallest absolute Gasteiger partial charge is 0.168 e. The zero-order chi connectivity index (χ0) is 20.9. The molecule has 6 atom stereocenters. The minimum atomic E-state index is -1.09. The summed E-state index contributed by atoms with van der Waals surface area (Å²) < 4.78 is 11.5. The number of hydrogen-bond donors (Lipinski definition) is 5. The van der Waals surface area contributed by atoms with Gasteiger partial charge in [-0.1, -0.05) is 20.4 Å². The lowest BCUT2D eigenvalue weighted by Crippen LogP contribution is -2.52. The van der Waals surface area contributed by atoms with Crippen molar-refractivity contribution in [2.45, 2.75) is 77.3 Å². The molecule has 1 aliphatic rings. The van der Waals surface area contributed by atoms with Crippen LogP contribution in [-0.4, -0.2) is 69.6 Å². The number of aliphatic hydroxyl groups excluding tert-OH is 4. The third-order valence-corrected chi connectivity index (χ3v) is 4.73. The maximum Gasteiger partial charge on any atom is 0.168 e. The van der Waals surface area contributed by atoms with Crippen molar-refractivity contribution in [3.8, 4) is 0 Å². The molecule has 27 heavy (non-hydrogen) atoms. The van der Waals surface area contributed by atoms with Gasteiger partial charge in [-0.05, 0) is 19.4 Å². The molecule has 1 fully saturated rings. The quantitative estimate of drug-likeness (QED) is 0.219. The van der Waals surface area contributed by atoms with Crippen LogP contribution in [0.4, 0.5) is 0 Å². The first kappa shape index (κ1) is 23.7. The predicted octanol–water partition coefficient (Wildman–Crippen LogP) is 0.551. The Labute approximate surface area is 160 Å². The summed E-state index contributed by atoms with van der Waals surface area (Å²) in [5.41, 5.74) is 6.15. The average molecular weight is 387 g/mol. The van der Waals surface area contributed by atoms with Crippen molar-refractivity contribution < 1.29 is 34.7 Å². The van der Waals surface area contributed by atoms with Gasteiger partial charge in [-0.3, -0.25) is 4.79 Å². The highest BCUT2D eigenvalue weighted by atomic mass is 16.7. The van der Waals surface area contributed by atoms with E-state index >= 15 is 0 Å². The summed E-state index contributed by atoms with van der Waals surface area (Å²) in [7, 11) is 0. The molecule has 8 heteroatoms. The average Bonchev–Trinajstić information content (AvgIpc) is 2.62. The monoisotopic (exact) mass is 387 g/mol. The van der Waals surface area contributed by atoms with Gasteiger partial charge in [0.05, 0.1) is 36.6 Å². The first-order valence-corrected chi connectivity index (χ1v) is 9.16. The summed E-state index contributed by atoms with van der Waals surface area (Å²) in [5.74, 6) is -0.949. The molecule has 1 rings (SSSR count). The molecule has 0 amide bonds. The van der Waals surface area contributed by atoms with Crippen LogP contribution in [0.25, 0.3) is 0 Å². The number of ether oxygens (including phenoxy) is 2. The summed E-state index contributed by atoms with van der Waals surface area (Å²) in [6.45, 7) is 9.79. The fourth-order valence-corrected chi connectivity index (χ4v) is 2.87. The van der Waals surface area contributed by atoms with Crippen LogP contribution in [0.3, 0.4) is 0 Å². The highest BCUT2D eigenvalue weighted by Crippen LogP contribution is 2.27. The molecule has 0 bridgehead atoms. The van der Waals surface area contributed by atoms with Gasteiger partial charge in [0, 0.05) is 24.8 Å². The Morgan fingerprint density at radius 1 is 1.41 bits per heavy atom. The molecule has 0 aromatic heterocycles. The fraction of sp³-hybridized carbons (Fsp3) is 0.737. The summed E-state index contributed by atoms with van der Waals surface area (Å²) in [5, 5.41) is 39.4. The minimum absolute atomic E-state index is 0.0262. The number of carbonyl (C=O) groups is 1. The number of aliphatic hydroxyl groups is 4. The van der Waals surface area contributed by atoms with Gasteiger partial charge in [-0.2, -0.15) is 0 Å². The molecule has 8 nitrogen and oxygen atoms in total. The van der Waals surface area contributed by atoms with E-state index in [0.29, 0.717) is 0 Å². The van der Waals surface area contributed by atoms with Crippen LogP contribution in [0, 0.1) is 5.92 Å². The van der Waals surface area contributed by atoms with Crippen LogP contribution in [0.5, 0.6) is 0 Å². The number of hydrogen-bond acceptors (Lipinski definition) is 8. The Hall–Kier alpha value is -1.29. The first-order valence-electron chi connectivity index (χ1n) is 9.16. The minimum Gasteiger partial charge on any atom is -0.507 e. The maximum absolute atomic E-state index is 12.1. The molecule has 0 radical (unpaired) electrons. The number of rotatable bonds is 9. The molecule has 0 spiro atoms. The molecule has 0 aromatic carbocycles. The third-order valence-electron chi connectivity index (χ3n) is 4.73. The Morgan fingerprint density at radius 3 is 2.48 bits per heavy atom. The molecule has 1 aliphatic heterocycles. The molecule has 156 valence electrons. The highest BCUT2D eigenvalue weighted by Gasteiger charge is 2.36. The highest BCUT2D eigenvalue weighted by molar-refractivity contribution is 5.99. The van der Waals surface area contributed by atoms with Gasteiger partial charge in [-0.25, -0.2) is 0 Å². The largest absolute Gasteiger partial charge is 0.507 e. The van der Waals surface area contributed by atoms with Crippen LogP contribution in [0.2, 0.25) is 0 Å². The van der Waals surface area contributed by atoms with Crippen LogP contribution < -0.4 is 5.73 Å². The van der Waals surface area contributed by atoms with Gasteiger partial charge in [0.1, 0.15) is 5.76 Å². The Morgan fingerprint density at radius 2 is 2.00 bits per heavy atom. The van der Waals surface area contributed by atoms with E-state index in [1.165, 1.54) is 0 Å². The van der Waals surface area contributed by atoms with Gasteiger partial charge in [0.15, 0.2) is 12.1 Å². The molecule has 0 aliphatic carbocycles. The Bertz CT molecular complexity index is 548. The van der Waals surface area contributed by atoms with Crippen molar-refractivity contribution in [3.63, 3.8) is 0 Å². The first-order chi connectivity index (χ1) is 12.5. The van der Waals surface area contributed by atoms with E-state index in [-0.39, 0.29) is 41.4 Å². The Kier molecular flexibility index (Phi) is 9.07. The molecule has 1 unspecified atom stereocenters. The van der Waals surface area contributed by atoms with Crippen molar-refractivity contribution in [2.75, 3.05) is 6.61 Å². The standard InChI is InChI=1S/C19H33NO7/c1-9(2)17(23)11(4)18(24)10(3)15(6-13(22)8-21)27-16-7-14(20)19(25)12(5)26-16/h9,12-16,19,21-22,24-25H,4,6-8,20H2,1-3,5H3/b18-10-/t12-,13?,14-,15-,16-,19+/m0/s1. The van der Waals surface area contributed by atoms with E-state index < -0.39 is 43.4 Å². The number of allylic oxidation sites excluding steroid dienone is 1. The van der Waals surface area contributed by atoms with Crippen LogP contribution in [0.15, 0.2) is 23.5 Å². The van der Waals surface area contributed by atoms with E-state index in [2.05, 4.69) is 6.58 Å². The Balaban J connectivity index is 3.04. The van der Waals surface area contributed by atoms with Crippen molar-refractivity contribution in [2.24, 2.45) is 11.7 Å².